The first-order chi connectivity index (χ1) is 24.7. The number of Topliss-reactive ketones (excluding diaryl/α,β-unsaturated/α-hetero) is 1. The molecule has 0 aromatic heterocycles. The maximum atomic E-state index is 13.7. The van der Waals surface area contributed by atoms with Crippen LogP contribution in [0.3, 0.4) is 0 Å². The molecule has 1 heterocycles. The molecule has 0 bridgehead atoms. The van der Waals surface area contributed by atoms with Crippen LogP contribution in [0.5, 0.6) is 0 Å². The van der Waals surface area contributed by atoms with Crippen molar-refractivity contribution in [2.75, 3.05) is 6.54 Å². The van der Waals surface area contributed by atoms with Crippen molar-refractivity contribution in [2.45, 2.75) is 133 Å². The number of aryl methyl sites for hydroxylation is 2. The van der Waals surface area contributed by atoms with Gasteiger partial charge in [-0.15, -0.1) is 0 Å². The van der Waals surface area contributed by atoms with E-state index in [2.05, 4.69) is 79.0 Å². The average Bonchev–Trinajstić information content (AvgIpc) is 3.09. The van der Waals surface area contributed by atoms with Gasteiger partial charge in [0.25, 0.3) is 0 Å². The van der Waals surface area contributed by atoms with E-state index in [0.29, 0.717) is 36.5 Å². The van der Waals surface area contributed by atoms with Gasteiger partial charge in [0.1, 0.15) is 11.6 Å². The van der Waals surface area contributed by atoms with Crippen LogP contribution in [0.2, 0.25) is 0 Å². The molecule has 4 nitrogen and oxygen atoms in total. The van der Waals surface area contributed by atoms with Gasteiger partial charge in [-0.25, -0.2) is 4.39 Å². The molecule has 5 heteroatoms. The molecule has 54 heavy (non-hydrogen) atoms. The van der Waals surface area contributed by atoms with Crippen LogP contribution in [0.1, 0.15) is 142 Å². The molecule has 2 aromatic carbocycles. The Morgan fingerprint density at radius 3 is 2.43 bits per heavy atom. The molecule has 2 aromatic rings. The second kappa shape index (κ2) is 22.9. The number of nitrogens with zero attached hydrogens (tertiary/aromatic N) is 2. The summed E-state index contributed by atoms with van der Waals surface area (Å²) in [6, 6.07) is 14.7. The molecule has 4 rings (SSSR count). The van der Waals surface area contributed by atoms with Crippen molar-refractivity contribution in [1.29, 1.82) is 5.26 Å². The van der Waals surface area contributed by atoms with Gasteiger partial charge in [0, 0.05) is 25.1 Å². The fourth-order valence-electron chi connectivity index (χ4n) is 7.30. The number of dihydropyridines is 1. The van der Waals surface area contributed by atoms with Crippen molar-refractivity contribution < 1.29 is 14.7 Å². The van der Waals surface area contributed by atoms with Crippen LogP contribution < -0.4 is 0 Å². The molecule has 2 atom stereocenters. The van der Waals surface area contributed by atoms with Crippen LogP contribution in [0.15, 0.2) is 95.3 Å². The first-order valence-corrected chi connectivity index (χ1v) is 19.6. The SMILES string of the molecule is C.C=C(CC1=CC(C)CN=C1CC(C)CC(=O)CC(C)(C)C)C(=C)c1cc(C)c(-c2ccccc2C#N)cc1CCCCCC1=CC(F)=CCC1.CC.O. The number of aliphatic imine (C=N–C) groups is 1. The van der Waals surface area contributed by atoms with E-state index in [1.54, 1.807) is 12.2 Å². The molecule has 0 saturated carbocycles. The number of halogens is 1. The number of allylic oxidation sites excluding steroid dienone is 7. The number of rotatable bonds is 16. The highest BCUT2D eigenvalue weighted by molar-refractivity contribution is 6.02. The normalized spacial score (nSPS) is 15.7. The van der Waals surface area contributed by atoms with Crippen LogP contribution >= 0.6 is 0 Å². The number of unbranched alkanes of at least 4 members (excludes halogenated alkanes) is 2. The van der Waals surface area contributed by atoms with E-state index in [1.165, 1.54) is 16.7 Å². The van der Waals surface area contributed by atoms with Crippen LogP contribution in [0.4, 0.5) is 4.39 Å². The smallest absolute Gasteiger partial charge is 0.133 e. The Hall–Kier alpha value is -4.14. The minimum atomic E-state index is -0.1000. The molecule has 0 spiro atoms. The molecule has 0 fully saturated rings. The van der Waals surface area contributed by atoms with E-state index in [9.17, 15) is 14.4 Å². The summed E-state index contributed by atoms with van der Waals surface area (Å²) in [7, 11) is 0. The van der Waals surface area contributed by atoms with Gasteiger partial charge in [0.05, 0.1) is 11.6 Å². The molecule has 2 N–H and O–H groups in total. The predicted octanol–water partition coefficient (Wildman–Crippen LogP) is 13.4. The number of ketones is 1. The number of carbonyl (C=O) groups is 1. The number of carbonyl (C=O) groups excluding carboxylic acids is 1. The Labute approximate surface area is 328 Å². The van der Waals surface area contributed by atoms with Gasteiger partial charge < -0.3 is 5.48 Å². The molecule has 0 saturated heterocycles. The number of hydrogen-bond donors (Lipinski definition) is 0. The van der Waals surface area contributed by atoms with Crippen LogP contribution in [-0.2, 0) is 11.2 Å². The van der Waals surface area contributed by atoms with E-state index in [-0.39, 0.29) is 30.1 Å². The fraction of sp³-hybridized carbons (Fsp3) is 0.490. The van der Waals surface area contributed by atoms with E-state index in [1.807, 2.05) is 38.1 Å². The van der Waals surface area contributed by atoms with Crippen LogP contribution in [0, 0.1) is 35.5 Å². The molecule has 0 radical (unpaired) electrons. The summed E-state index contributed by atoms with van der Waals surface area (Å²) < 4.78 is 13.7. The van der Waals surface area contributed by atoms with Crippen molar-refractivity contribution in [1.82, 2.24) is 0 Å². The zero-order valence-corrected chi connectivity index (χ0v) is 33.9. The maximum Gasteiger partial charge on any atom is 0.133 e. The molecule has 1 aliphatic carbocycles. The lowest BCUT2D eigenvalue weighted by molar-refractivity contribution is -0.121. The highest BCUT2D eigenvalue weighted by Crippen LogP contribution is 2.37. The minimum absolute atomic E-state index is 0. The standard InChI is InChI=1S/C46H57FN2O.C2H6.CH4.H2O/c1-31(22-41(50)28-46(6,7)8)23-45-39(21-32(2)30-49-45)24-33(3)35(5)44-25-34(4)43(42-20-13-12-18-38(42)29-48)27-37(44)17-11-9-10-15-36-16-14-19-40(47)26-36;1-2;;/h12-13,18-21,25-27,31-32H,3,5,9-11,14-17,22-24,28,30H2,1-2,4,6-8H3;1-2H3;1H4;1H2. The summed E-state index contributed by atoms with van der Waals surface area (Å²) in [5.74, 6) is 0.789. The Kier molecular flexibility index (Phi) is 20.3. The van der Waals surface area contributed by atoms with Gasteiger partial charge in [-0.2, -0.15) is 5.26 Å². The van der Waals surface area contributed by atoms with E-state index < -0.39 is 0 Å². The molecule has 1 aliphatic heterocycles. The summed E-state index contributed by atoms with van der Waals surface area (Å²) >= 11 is 0. The zero-order chi connectivity index (χ0) is 38.4. The first-order valence-electron chi connectivity index (χ1n) is 19.6. The average molecular weight is 737 g/mol. The van der Waals surface area contributed by atoms with Crippen LogP contribution in [-0.4, -0.2) is 23.5 Å². The Bertz CT molecular complexity index is 1760. The molecular formula is C49H69FN2O2. The van der Waals surface area contributed by atoms with E-state index in [0.717, 1.165) is 97.0 Å². The third kappa shape index (κ3) is 14.6. The van der Waals surface area contributed by atoms with Crippen molar-refractivity contribution in [3.8, 4) is 17.2 Å². The van der Waals surface area contributed by atoms with Gasteiger partial charge in [0.2, 0.25) is 0 Å². The molecular weight excluding hydrogens is 668 g/mol. The number of benzene rings is 2. The lowest BCUT2D eigenvalue weighted by atomic mass is 9.82. The van der Waals surface area contributed by atoms with Crippen molar-refractivity contribution in [2.24, 2.45) is 22.2 Å². The lowest BCUT2D eigenvalue weighted by Crippen LogP contribution is -2.20. The van der Waals surface area contributed by atoms with Gasteiger partial charge in [-0.05, 0) is 138 Å². The van der Waals surface area contributed by atoms with Crippen molar-refractivity contribution in [3.05, 3.63) is 113 Å². The summed E-state index contributed by atoms with van der Waals surface area (Å²) in [6.07, 6.45) is 15.0. The minimum Gasteiger partial charge on any atom is -0.412 e. The molecule has 2 aliphatic rings. The van der Waals surface area contributed by atoms with Gasteiger partial charge in [-0.1, -0.05) is 117 Å². The van der Waals surface area contributed by atoms with Gasteiger partial charge in [-0.3, -0.25) is 9.79 Å². The molecule has 2 unspecified atom stereocenters. The Morgan fingerprint density at radius 1 is 1.07 bits per heavy atom. The monoisotopic (exact) mass is 737 g/mol. The third-order valence-corrected chi connectivity index (χ3v) is 9.81. The summed E-state index contributed by atoms with van der Waals surface area (Å²) in [4.78, 5) is 17.8. The lowest BCUT2D eigenvalue weighted by Gasteiger charge is -2.24. The van der Waals surface area contributed by atoms with E-state index >= 15 is 0 Å². The summed E-state index contributed by atoms with van der Waals surface area (Å²) in [6.45, 7) is 26.8. The third-order valence-electron chi connectivity index (χ3n) is 9.81. The molecule has 0 amide bonds. The quantitative estimate of drug-likeness (QED) is 0.127. The van der Waals surface area contributed by atoms with E-state index in [4.69, 9.17) is 4.99 Å². The van der Waals surface area contributed by atoms with Crippen LogP contribution in [0.25, 0.3) is 16.7 Å². The second-order valence-corrected chi connectivity index (χ2v) is 16.0. The van der Waals surface area contributed by atoms with Gasteiger partial charge in [0.15, 0.2) is 0 Å². The maximum absolute atomic E-state index is 13.7. The largest absolute Gasteiger partial charge is 0.412 e. The highest BCUT2D eigenvalue weighted by atomic mass is 19.1. The number of nitriles is 1. The highest BCUT2D eigenvalue weighted by Gasteiger charge is 2.23. The molecule has 294 valence electrons. The number of hydrogen-bond acceptors (Lipinski definition) is 3. The van der Waals surface area contributed by atoms with Crippen molar-refractivity contribution in [3.63, 3.8) is 0 Å². The summed E-state index contributed by atoms with van der Waals surface area (Å²) in [5.41, 5.74) is 11.5. The summed E-state index contributed by atoms with van der Waals surface area (Å²) in [5, 5.41) is 9.88. The van der Waals surface area contributed by atoms with Crippen molar-refractivity contribution >= 4 is 17.1 Å². The zero-order valence-electron chi connectivity index (χ0n) is 33.9. The van der Waals surface area contributed by atoms with Gasteiger partial charge >= 0.3 is 0 Å². The Balaban J connectivity index is 0.00000358. The predicted molar refractivity (Wildman–Crippen MR) is 232 cm³/mol. The Morgan fingerprint density at radius 2 is 1.76 bits per heavy atom. The topological polar surface area (TPSA) is 84.7 Å². The second-order valence-electron chi connectivity index (χ2n) is 16.0. The fourth-order valence-corrected chi connectivity index (χ4v) is 7.30. The first kappa shape index (κ1) is 47.9.